The van der Waals surface area contributed by atoms with E-state index in [9.17, 15) is 19.7 Å². The number of thiophene rings is 1. The number of non-ortho nitro benzene ring substituents is 1. The minimum atomic E-state index is -0.543. The van der Waals surface area contributed by atoms with Gasteiger partial charge in [-0.05, 0) is 34.1 Å². The summed E-state index contributed by atoms with van der Waals surface area (Å²) in [6, 6.07) is 7.44. The Morgan fingerprint density at radius 1 is 1.32 bits per heavy atom. The number of nitro benzene ring substituents is 1. The number of hydrogen-bond acceptors (Lipinski definition) is 5. The molecule has 0 unspecified atom stereocenters. The van der Waals surface area contributed by atoms with E-state index in [-0.39, 0.29) is 17.0 Å². The van der Waals surface area contributed by atoms with Gasteiger partial charge < -0.3 is 5.32 Å². The van der Waals surface area contributed by atoms with Gasteiger partial charge in [0.1, 0.15) is 0 Å². The number of ketones is 1. The Labute approximate surface area is 136 Å². The number of carbonyl (C=O) groups is 2. The van der Waals surface area contributed by atoms with Gasteiger partial charge in [0.15, 0.2) is 5.78 Å². The molecule has 2 aromatic rings. The van der Waals surface area contributed by atoms with Crippen LogP contribution in [0, 0.1) is 10.1 Å². The molecule has 3 rings (SSSR count). The quantitative estimate of drug-likeness (QED) is 0.382. The van der Waals surface area contributed by atoms with Crippen LogP contribution in [0.25, 0.3) is 5.57 Å². The van der Waals surface area contributed by atoms with Gasteiger partial charge >= 0.3 is 0 Å². The number of halogens is 1. The molecule has 0 saturated carbocycles. The maximum atomic E-state index is 12.2. The third kappa shape index (κ3) is 2.58. The van der Waals surface area contributed by atoms with Crippen molar-refractivity contribution < 1.29 is 14.5 Å². The van der Waals surface area contributed by atoms with Crippen LogP contribution >= 0.6 is 27.3 Å². The van der Waals surface area contributed by atoms with E-state index in [4.69, 9.17) is 0 Å². The highest BCUT2D eigenvalue weighted by Crippen LogP contribution is 2.35. The topological polar surface area (TPSA) is 89.3 Å². The summed E-state index contributed by atoms with van der Waals surface area (Å²) in [6.07, 6.45) is 1.21. The molecule has 1 aliphatic rings. The largest absolute Gasteiger partial charge is 0.321 e. The van der Waals surface area contributed by atoms with Crippen LogP contribution < -0.4 is 5.32 Å². The number of nitro groups is 1. The monoisotopic (exact) mass is 378 g/mol. The van der Waals surface area contributed by atoms with E-state index in [2.05, 4.69) is 21.2 Å². The van der Waals surface area contributed by atoms with Crippen molar-refractivity contribution in [2.45, 2.75) is 0 Å². The molecule has 0 spiro atoms. The zero-order valence-corrected chi connectivity index (χ0v) is 13.2. The van der Waals surface area contributed by atoms with Gasteiger partial charge in [0.25, 0.3) is 11.6 Å². The Balaban J connectivity index is 2.03. The Morgan fingerprint density at radius 2 is 2.09 bits per heavy atom. The van der Waals surface area contributed by atoms with Crippen LogP contribution in [0.1, 0.15) is 15.2 Å². The average Bonchev–Trinajstić information content (AvgIpc) is 3.03. The highest BCUT2D eigenvalue weighted by atomic mass is 79.9. The molecule has 0 fully saturated rings. The lowest BCUT2D eigenvalue weighted by Gasteiger charge is -1.98. The zero-order valence-electron chi connectivity index (χ0n) is 10.8. The second-order valence-corrected chi connectivity index (χ2v) is 6.93. The highest BCUT2D eigenvalue weighted by molar-refractivity contribution is 9.11. The van der Waals surface area contributed by atoms with Crippen LogP contribution in [-0.2, 0) is 4.79 Å². The number of benzene rings is 1. The molecule has 0 radical (unpaired) electrons. The van der Waals surface area contributed by atoms with Crippen LogP contribution in [0.4, 0.5) is 11.4 Å². The summed E-state index contributed by atoms with van der Waals surface area (Å²) in [5.41, 5.74) is 0.825. The SMILES string of the molecule is O=C1Nc2ccc([N+](=O)[O-])cc2C1=CC(=O)c1ccc(Br)s1. The minimum absolute atomic E-state index is 0.132. The van der Waals surface area contributed by atoms with Crippen LogP contribution in [0.5, 0.6) is 0 Å². The lowest BCUT2D eigenvalue weighted by atomic mass is 10.0. The molecular formula is C14H7BrN2O4S. The van der Waals surface area contributed by atoms with Crippen LogP contribution in [0.2, 0.25) is 0 Å². The molecule has 1 amide bonds. The molecule has 0 aliphatic carbocycles. The van der Waals surface area contributed by atoms with E-state index in [1.54, 1.807) is 12.1 Å². The third-order valence-electron chi connectivity index (χ3n) is 3.09. The number of anilines is 1. The second kappa shape index (κ2) is 5.47. The molecule has 1 aromatic carbocycles. The first-order chi connectivity index (χ1) is 10.5. The standard InChI is InChI=1S/C14H7BrN2O4S/c15-13-4-3-12(22-13)11(18)6-9-8-5-7(17(20)21)1-2-10(8)16-14(9)19/h1-6H,(H,16,19). The highest BCUT2D eigenvalue weighted by Gasteiger charge is 2.27. The van der Waals surface area contributed by atoms with Crippen molar-refractivity contribution in [1.29, 1.82) is 0 Å². The van der Waals surface area contributed by atoms with E-state index >= 15 is 0 Å². The van der Waals surface area contributed by atoms with Crippen LogP contribution in [0.15, 0.2) is 40.2 Å². The number of rotatable bonds is 3. The summed E-state index contributed by atoms with van der Waals surface area (Å²) < 4.78 is 0.807. The number of fused-ring (bicyclic) bond motifs is 1. The molecule has 8 heteroatoms. The first kappa shape index (κ1) is 14.6. The maximum Gasteiger partial charge on any atom is 0.270 e. The first-order valence-corrected chi connectivity index (χ1v) is 7.68. The molecule has 2 heterocycles. The molecule has 0 bridgehead atoms. The van der Waals surface area contributed by atoms with Crippen molar-refractivity contribution in [3.63, 3.8) is 0 Å². The Hall–Kier alpha value is -2.32. The summed E-state index contributed by atoms with van der Waals surface area (Å²) in [5, 5.41) is 13.4. The summed E-state index contributed by atoms with van der Waals surface area (Å²) in [7, 11) is 0. The van der Waals surface area contributed by atoms with Gasteiger partial charge in [-0.2, -0.15) is 0 Å². The smallest absolute Gasteiger partial charge is 0.270 e. The number of amides is 1. The lowest BCUT2D eigenvalue weighted by Crippen LogP contribution is -2.05. The maximum absolute atomic E-state index is 12.2. The third-order valence-corrected chi connectivity index (χ3v) is 4.73. The Kier molecular flexibility index (Phi) is 3.63. The van der Waals surface area contributed by atoms with Crippen molar-refractivity contribution >= 4 is 55.9 Å². The summed E-state index contributed by atoms with van der Waals surface area (Å²) in [6.45, 7) is 0. The van der Waals surface area contributed by atoms with Gasteiger partial charge in [0.2, 0.25) is 0 Å². The van der Waals surface area contributed by atoms with E-state index in [0.717, 1.165) is 3.79 Å². The molecule has 110 valence electrons. The van der Waals surface area contributed by atoms with E-state index in [1.165, 1.54) is 35.6 Å². The molecule has 0 atom stereocenters. The van der Waals surface area contributed by atoms with Crippen molar-refractivity contribution in [2.75, 3.05) is 5.32 Å². The predicted molar refractivity (Wildman–Crippen MR) is 86.1 cm³/mol. The normalized spacial score (nSPS) is 14.8. The lowest BCUT2D eigenvalue weighted by molar-refractivity contribution is -0.384. The fourth-order valence-electron chi connectivity index (χ4n) is 2.08. The average molecular weight is 379 g/mol. The predicted octanol–water partition coefficient (Wildman–Crippen LogP) is 3.64. The van der Waals surface area contributed by atoms with E-state index in [0.29, 0.717) is 16.1 Å². The summed E-state index contributed by atoms with van der Waals surface area (Å²) >= 11 is 4.52. The van der Waals surface area contributed by atoms with Crippen LogP contribution in [0.3, 0.4) is 0 Å². The van der Waals surface area contributed by atoms with Gasteiger partial charge in [0.05, 0.1) is 19.2 Å². The van der Waals surface area contributed by atoms with Crippen molar-refractivity contribution in [3.05, 3.63) is 60.7 Å². The molecule has 1 N–H and O–H groups in total. The van der Waals surface area contributed by atoms with E-state index in [1.807, 2.05) is 0 Å². The molecule has 0 saturated heterocycles. The van der Waals surface area contributed by atoms with Crippen molar-refractivity contribution in [2.24, 2.45) is 0 Å². The number of carbonyl (C=O) groups excluding carboxylic acids is 2. The summed E-state index contributed by atoms with van der Waals surface area (Å²) in [5.74, 6) is -0.764. The van der Waals surface area contributed by atoms with Crippen molar-refractivity contribution in [3.8, 4) is 0 Å². The molecular weight excluding hydrogens is 372 g/mol. The van der Waals surface area contributed by atoms with E-state index < -0.39 is 10.8 Å². The van der Waals surface area contributed by atoms with Gasteiger partial charge in [-0.1, -0.05) is 0 Å². The van der Waals surface area contributed by atoms with Crippen LogP contribution in [-0.4, -0.2) is 16.6 Å². The van der Waals surface area contributed by atoms with Gasteiger partial charge in [-0.15, -0.1) is 11.3 Å². The zero-order chi connectivity index (χ0) is 15.9. The fraction of sp³-hybridized carbons (Fsp3) is 0. The number of nitrogens with zero attached hydrogens (tertiary/aromatic N) is 1. The molecule has 1 aliphatic heterocycles. The summed E-state index contributed by atoms with van der Waals surface area (Å²) in [4.78, 5) is 34.9. The Morgan fingerprint density at radius 3 is 2.73 bits per heavy atom. The second-order valence-electron chi connectivity index (χ2n) is 4.47. The number of hydrogen-bond donors (Lipinski definition) is 1. The minimum Gasteiger partial charge on any atom is -0.321 e. The van der Waals surface area contributed by atoms with Gasteiger partial charge in [-0.25, -0.2) is 0 Å². The first-order valence-electron chi connectivity index (χ1n) is 6.07. The number of nitrogens with one attached hydrogen (secondary N) is 1. The number of allylic oxidation sites excluding steroid dienone is 1. The van der Waals surface area contributed by atoms with Crippen molar-refractivity contribution in [1.82, 2.24) is 0 Å². The van der Waals surface area contributed by atoms with Gasteiger partial charge in [0, 0.05) is 29.5 Å². The molecule has 6 nitrogen and oxygen atoms in total. The molecule has 1 aromatic heterocycles. The Bertz CT molecular complexity index is 856. The fourth-order valence-corrected chi connectivity index (χ4v) is 3.38. The van der Waals surface area contributed by atoms with Gasteiger partial charge in [-0.3, -0.25) is 19.7 Å². The molecule has 22 heavy (non-hydrogen) atoms.